The van der Waals surface area contributed by atoms with Crippen LogP contribution in [-0.4, -0.2) is 40.3 Å². The Hall–Kier alpha value is -2.54. The van der Waals surface area contributed by atoms with Crippen molar-refractivity contribution in [1.29, 1.82) is 0 Å². The SMILES string of the molecule is COc1ccc(N(C(C)C(=O)NCCc2ccccc2)S(C)(=O)=O)cc1. The van der Waals surface area contributed by atoms with Gasteiger partial charge in [0.2, 0.25) is 15.9 Å². The maximum Gasteiger partial charge on any atom is 0.243 e. The second kappa shape index (κ2) is 8.71. The Kier molecular flexibility index (Phi) is 6.63. The molecule has 0 saturated carbocycles. The van der Waals surface area contributed by atoms with E-state index in [1.54, 1.807) is 31.2 Å². The molecule has 1 unspecified atom stereocenters. The van der Waals surface area contributed by atoms with Gasteiger partial charge in [0.25, 0.3) is 0 Å². The van der Waals surface area contributed by atoms with E-state index in [2.05, 4.69) is 5.32 Å². The summed E-state index contributed by atoms with van der Waals surface area (Å²) in [6, 6.07) is 15.5. The number of sulfonamides is 1. The highest BCUT2D eigenvalue weighted by Gasteiger charge is 2.28. The van der Waals surface area contributed by atoms with Crippen LogP contribution in [0.1, 0.15) is 12.5 Å². The van der Waals surface area contributed by atoms with Crippen LogP contribution in [0.3, 0.4) is 0 Å². The topological polar surface area (TPSA) is 75.7 Å². The van der Waals surface area contributed by atoms with Gasteiger partial charge in [0.1, 0.15) is 11.8 Å². The van der Waals surface area contributed by atoms with Gasteiger partial charge in [0.15, 0.2) is 0 Å². The van der Waals surface area contributed by atoms with Gasteiger partial charge < -0.3 is 10.1 Å². The number of methoxy groups -OCH3 is 1. The van der Waals surface area contributed by atoms with E-state index in [1.807, 2.05) is 30.3 Å². The molecule has 140 valence electrons. The van der Waals surface area contributed by atoms with Gasteiger partial charge in [-0.1, -0.05) is 30.3 Å². The van der Waals surface area contributed by atoms with E-state index in [4.69, 9.17) is 4.74 Å². The standard InChI is InChI=1S/C19H24N2O4S/c1-15(19(22)20-14-13-16-7-5-4-6-8-16)21(26(3,23)24)17-9-11-18(25-2)12-10-17/h4-12,15H,13-14H2,1-3H3,(H,20,22). The fraction of sp³-hybridized carbons (Fsp3) is 0.316. The van der Waals surface area contributed by atoms with Gasteiger partial charge in [-0.05, 0) is 43.2 Å². The van der Waals surface area contributed by atoms with E-state index in [-0.39, 0.29) is 5.91 Å². The van der Waals surface area contributed by atoms with Gasteiger partial charge in [-0.25, -0.2) is 8.42 Å². The van der Waals surface area contributed by atoms with Crippen LogP contribution in [0.25, 0.3) is 0 Å². The molecule has 0 spiro atoms. The van der Waals surface area contributed by atoms with E-state index < -0.39 is 16.1 Å². The molecule has 0 radical (unpaired) electrons. The van der Waals surface area contributed by atoms with Gasteiger partial charge in [-0.15, -0.1) is 0 Å². The quantitative estimate of drug-likeness (QED) is 0.766. The normalized spacial score (nSPS) is 12.3. The van der Waals surface area contributed by atoms with Crippen molar-refractivity contribution in [3.05, 3.63) is 60.2 Å². The first kappa shape index (κ1) is 19.8. The number of nitrogens with one attached hydrogen (secondary N) is 1. The third-order valence-corrected chi connectivity index (χ3v) is 5.21. The molecule has 1 amide bonds. The van der Waals surface area contributed by atoms with Crippen LogP contribution in [0.2, 0.25) is 0 Å². The average Bonchev–Trinajstić information content (AvgIpc) is 2.62. The maximum absolute atomic E-state index is 12.5. The number of carbonyl (C=O) groups is 1. The third-order valence-electron chi connectivity index (χ3n) is 3.97. The molecule has 0 heterocycles. The lowest BCUT2D eigenvalue weighted by molar-refractivity contribution is -0.121. The molecule has 0 aliphatic carbocycles. The molecule has 26 heavy (non-hydrogen) atoms. The Balaban J connectivity index is 2.07. The van der Waals surface area contributed by atoms with E-state index >= 15 is 0 Å². The minimum Gasteiger partial charge on any atom is -0.497 e. The van der Waals surface area contributed by atoms with Crippen molar-refractivity contribution in [3.63, 3.8) is 0 Å². The Morgan fingerprint density at radius 1 is 1.12 bits per heavy atom. The number of hydrogen-bond acceptors (Lipinski definition) is 4. The smallest absolute Gasteiger partial charge is 0.243 e. The first-order valence-electron chi connectivity index (χ1n) is 8.28. The molecular weight excluding hydrogens is 352 g/mol. The predicted molar refractivity (Wildman–Crippen MR) is 103 cm³/mol. The van der Waals surface area contributed by atoms with Crippen molar-refractivity contribution in [1.82, 2.24) is 5.32 Å². The van der Waals surface area contributed by atoms with Crippen molar-refractivity contribution in [2.75, 3.05) is 24.2 Å². The molecule has 0 bridgehead atoms. The lowest BCUT2D eigenvalue weighted by Crippen LogP contribution is -2.48. The largest absolute Gasteiger partial charge is 0.497 e. The summed E-state index contributed by atoms with van der Waals surface area (Å²) in [5.74, 6) is 0.268. The third kappa shape index (κ3) is 5.23. The van der Waals surface area contributed by atoms with Crippen molar-refractivity contribution in [3.8, 4) is 5.75 Å². The molecule has 2 rings (SSSR count). The molecule has 0 aromatic heterocycles. The summed E-state index contributed by atoms with van der Waals surface area (Å²) in [5, 5.41) is 2.81. The van der Waals surface area contributed by atoms with Gasteiger partial charge in [0.05, 0.1) is 19.1 Å². The zero-order chi connectivity index (χ0) is 19.2. The van der Waals surface area contributed by atoms with Crippen LogP contribution in [-0.2, 0) is 21.2 Å². The van der Waals surface area contributed by atoms with Gasteiger partial charge in [0, 0.05) is 6.54 Å². The molecule has 1 N–H and O–H groups in total. The van der Waals surface area contributed by atoms with Crippen LogP contribution in [0.4, 0.5) is 5.69 Å². The summed E-state index contributed by atoms with van der Waals surface area (Å²) in [7, 11) is -2.09. The number of ether oxygens (including phenoxy) is 1. The van der Waals surface area contributed by atoms with Crippen molar-refractivity contribution in [2.24, 2.45) is 0 Å². The Labute approximate surface area is 154 Å². The zero-order valence-corrected chi connectivity index (χ0v) is 16.0. The zero-order valence-electron chi connectivity index (χ0n) is 15.2. The van der Waals surface area contributed by atoms with Gasteiger partial charge in [-0.3, -0.25) is 9.10 Å². The number of amides is 1. The van der Waals surface area contributed by atoms with E-state index in [9.17, 15) is 13.2 Å². The van der Waals surface area contributed by atoms with Crippen LogP contribution in [0, 0.1) is 0 Å². The number of rotatable bonds is 8. The molecule has 0 aliphatic heterocycles. The Morgan fingerprint density at radius 2 is 1.73 bits per heavy atom. The van der Waals surface area contributed by atoms with Crippen LogP contribution < -0.4 is 14.4 Å². The average molecular weight is 376 g/mol. The van der Waals surface area contributed by atoms with Crippen LogP contribution >= 0.6 is 0 Å². The molecule has 0 saturated heterocycles. The van der Waals surface area contributed by atoms with Crippen molar-refractivity contribution >= 4 is 21.6 Å². The summed E-state index contributed by atoms with van der Waals surface area (Å²) in [5.41, 5.74) is 1.52. The Morgan fingerprint density at radius 3 is 2.27 bits per heavy atom. The second-order valence-electron chi connectivity index (χ2n) is 5.96. The van der Waals surface area contributed by atoms with Crippen molar-refractivity contribution in [2.45, 2.75) is 19.4 Å². The highest BCUT2D eigenvalue weighted by atomic mass is 32.2. The van der Waals surface area contributed by atoms with E-state index in [1.165, 1.54) is 7.11 Å². The second-order valence-corrected chi connectivity index (χ2v) is 7.82. The first-order chi connectivity index (χ1) is 12.3. The fourth-order valence-corrected chi connectivity index (χ4v) is 3.84. The molecule has 1 atom stereocenters. The number of nitrogens with zero attached hydrogens (tertiary/aromatic N) is 1. The first-order valence-corrected chi connectivity index (χ1v) is 10.1. The van der Waals surface area contributed by atoms with Gasteiger partial charge in [-0.2, -0.15) is 0 Å². The number of hydrogen-bond donors (Lipinski definition) is 1. The predicted octanol–water partition coefficient (Wildman–Crippen LogP) is 2.21. The lowest BCUT2D eigenvalue weighted by atomic mass is 10.1. The lowest BCUT2D eigenvalue weighted by Gasteiger charge is -2.28. The summed E-state index contributed by atoms with van der Waals surface area (Å²) < 4.78 is 30.7. The highest BCUT2D eigenvalue weighted by molar-refractivity contribution is 7.92. The van der Waals surface area contributed by atoms with E-state index in [0.717, 1.165) is 16.1 Å². The fourth-order valence-electron chi connectivity index (χ4n) is 2.66. The Bertz CT molecular complexity index is 820. The summed E-state index contributed by atoms with van der Waals surface area (Å²) in [6.45, 7) is 2.01. The maximum atomic E-state index is 12.5. The number of anilines is 1. The van der Waals surface area contributed by atoms with Crippen LogP contribution in [0.5, 0.6) is 5.75 Å². The molecule has 2 aromatic rings. The van der Waals surface area contributed by atoms with Crippen molar-refractivity contribution < 1.29 is 17.9 Å². The molecule has 6 nitrogen and oxygen atoms in total. The highest BCUT2D eigenvalue weighted by Crippen LogP contribution is 2.23. The molecular formula is C19H24N2O4S. The summed E-state index contributed by atoms with van der Waals surface area (Å²) in [6.07, 6.45) is 1.77. The van der Waals surface area contributed by atoms with Gasteiger partial charge >= 0.3 is 0 Å². The summed E-state index contributed by atoms with van der Waals surface area (Å²) in [4.78, 5) is 12.5. The van der Waals surface area contributed by atoms with Crippen LogP contribution in [0.15, 0.2) is 54.6 Å². The molecule has 7 heteroatoms. The summed E-state index contributed by atoms with van der Waals surface area (Å²) >= 11 is 0. The minimum atomic E-state index is -3.63. The number of carbonyl (C=O) groups excluding carboxylic acids is 1. The number of benzene rings is 2. The minimum absolute atomic E-state index is 0.345. The molecule has 0 aliphatic rings. The molecule has 2 aromatic carbocycles. The molecule has 0 fully saturated rings. The monoisotopic (exact) mass is 376 g/mol. The van der Waals surface area contributed by atoms with E-state index in [0.29, 0.717) is 24.4 Å².